The van der Waals surface area contributed by atoms with Crippen LogP contribution in [0.25, 0.3) is 0 Å². The Morgan fingerprint density at radius 3 is 1.06 bits per heavy atom. The second-order valence-corrected chi connectivity index (χ2v) is 13.2. The molecule has 0 atom stereocenters. The third kappa shape index (κ3) is 10.1. The van der Waals surface area contributed by atoms with Crippen molar-refractivity contribution in [1.29, 1.82) is 0 Å². The van der Waals surface area contributed by atoms with E-state index in [0.29, 0.717) is 0 Å². The Balaban J connectivity index is 4.23. The maximum Gasteiger partial charge on any atom is 0.156 e. The van der Waals surface area contributed by atoms with Gasteiger partial charge in [0.1, 0.15) is 0 Å². The predicted molar refractivity (Wildman–Crippen MR) is 84.4 cm³/mol. The molecule has 0 aliphatic heterocycles. The summed E-state index contributed by atoms with van der Waals surface area (Å²) < 4.78 is 0. The maximum atomic E-state index is 7.01. The molecule has 17 heavy (non-hydrogen) atoms. The van der Waals surface area contributed by atoms with Crippen molar-refractivity contribution in [2.45, 2.75) is 78.9 Å². The summed E-state index contributed by atoms with van der Waals surface area (Å²) in [5.41, 5.74) is 0. The van der Waals surface area contributed by atoms with Crippen molar-refractivity contribution in [2.75, 3.05) is 0 Å². The fourth-order valence-electron chi connectivity index (χ4n) is 2.02. The first-order valence-electron chi connectivity index (χ1n) is 7.44. The van der Waals surface area contributed by atoms with Gasteiger partial charge in [-0.25, -0.2) is 0 Å². The van der Waals surface area contributed by atoms with Crippen molar-refractivity contribution in [3.05, 3.63) is 0 Å². The van der Waals surface area contributed by atoms with Gasteiger partial charge < -0.3 is 0 Å². The molecular weight excluding hydrogens is 244 g/mol. The molecule has 0 spiro atoms. The first-order valence-corrected chi connectivity index (χ1v) is 11.1. The normalized spacial score (nSPS) is 13.1. The van der Waals surface area contributed by atoms with Crippen molar-refractivity contribution in [1.82, 2.24) is 0 Å². The average molecular weight is 277 g/mol. The Kier molecular flexibility index (Phi) is 8.84. The lowest BCUT2D eigenvalue weighted by Crippen LogP contribution is -2.28. The molecule has 0 amide bonds. The Morgan fingerprint density at radius 1 is 0.647 bits per heavy atom. The summed E-state index contributed by atoms with van der Waals surface area (Å²) in [6, 6.07) is 3.98. The van der Waals surface area contributed by atoms with E-state index in [-0.39, 0.29) is 0 Å². The fraction of sp³-hybridized carbons (Fsp3) is 1.00. The van der Waals surface area contributed by atoms with Crippen LogP contribution in [0.1, 0.15) is 60.8 Å². The van der Waals surface area contributed by atoms with E-state index >= 15 is 0 Å². The van der Waals surface area contributed by atoms with Gasteiger partial charge in [-0.1, -0.05) is 60.8 Å². The van der Waals surface area contributed by atoms with E-state index < -0.39 is 7.38 Å². The lowest BCUT2D eigenvalue weighted by atomic mass is 10.2. The molecule has 0 aromatic carbocycles. The molecule has 0 rings (SSSR count). The second kappa shape index (κ2) is 8.58. The summed E-state index contributed by atoms with van der Waals surface area (Å²) in [4.78, 5) is 0. The van der Waals surface area contributed by atoms with E-state index in [9.17, 15) is 0 Å². The third-order valence-electron chi connectivity index (χ3n) is 3.51. The van der Waals surface area contributed by atoms with Gasteiger partial charge in [0.25, 0.3) is 0 Å². The molecule has 0 aliphatic carbocycles. The van der Waals surface area contributed by atoms with Gasteiger partial charge in [-0.05, 0) is 35.9 Å². The van der Waals surface area contributed by atoms with Crippen LogP contribution < -0.4 is 0 Å². The van der Waals surface area contributed by atoms with Gasteiger partial charge in [-0.15, -0.1) is 0 Å². The summed E-state index contributed by atoms with van der Waals surface area (Å²) >= 11 is 7.01. The van der Waals surface area contributed by atoms with Crippen molar-refractivity contribution in [2.24, 2.45) is 17.8 Å². The zero-order valence-electron chi connectivity index (χ0n) is 12.9. The fourth-order valence-corrected chi connectivity index (χ4v) is 7.03. The highest BCUT2D eigenvalue weighted by Gasteiger charge is 2.30. The molecule has 0 N–H and O–H groups in total. The molecule has 0 saturated heterocycles. The van der Waals surface area contributed by atoms with Crippen LogP contribution in [0.2, 0.25) is 18.1 Å². The van der Waals surface area contributed by atoms with Crippen LogP contribution in [-0.4, -0.2) is 7.38 Å². The van der Waals surface area contributed by atoms with E-state index in [1.807, 2.05) is 0 Å². The smallest absolute Gasteiger partial charge is 0.156 e. The molecule has 0 fully saturated rings. The summed E-state index contributed by atoms with van der Waals surface area (Å²) in [6.45, 7) is 13.9. The molecule has 0 saturated carbocycles. The molecular formula is C15H33ClSi. The Bertz CT molecular complexity index is 156. The van der Waals surface area contributed by atoms with Gasteiger partial charge in [0.05, 0.1) is 0 Å². The molecule has 0 aromatic rings. The molecule has 0 radical (unpaired) electrons. The monoisotopic (exact) mass is 276 g/mol. The van der Waals surface area contributed by atoms with Crippen molar-refractivity contribution < 1.29 is 0 Å². The summed E-state index contributed by atoms with van der Waals surface area (Å²) in [5, 5.41) is 0. The second-order valence-electron chi connectivity index (χ2n) is 6.95. The van der Waals surface area contributed by atoms with Gasteiger partial charge in [-0.3, -0.25) is 0 Å². The van der Waals surface area contributed by atoms with Crippen molar-refractivity contribution >= 4 is 18.5 Å². The van der Waals surface area contributed by atoms with Gasteiger partial charge in [0.15, 0.2) is 7.38 Å². The minimum atomic E-state index is -1.47. The van der Waals surface area contributed by atoms with Gasteiger partial charge >= 0.3 is 0 Å². The topological polar surface area (TPSA) is 0 Å². The van der Waals surface area contributed by atoms with Crippen LogP contribution in [-0.2, 0) is 0 Å². The lowest BCUT2D eigenvalue weighted by Gasteiger charge is -2.27. The van der Waals surface area contributed by atoms with E-state index in [1.165, 1.54) is 37.4 Å². The SMILES string of the molecule is CC(C)CC[Si](Cl)(CCC(C)C)CCC(C)C. The van der Waals surface area contributed by atoms with Crippen molar-refractivity contribution in [3.8, 4) is 0 Å². The van der Waals surface area contributed by atoms with Crippen LogP contribution in [0.4, 0.5) is 0 Å². The van der Waals surface area contributed by atoms with E-state index in [1.54, 1.807) is 0 Å². The molecule has 0 bridgehead atoms. The highest BCUT2D eigenvalue weighted by atomic mass is 35.6. The minimum absolute atomic E-state index is 0.804. The van der Waals surface area contributed by atoms with Crippen LogP contribution >= 0.6 is 11.1 Å². The Labute approximate surface area is 115 Å². The molecule has 0 heterocycles. The van der Waals surface area contributed by atoms with Crippen LogP contribution in [0, 0.1) is 17.8 Å². The summed E-state index contributed by atoms with van der Waals surface area (Å²) in [5.74, 6) is 2.41. The first-order chi connectivity index (χ1) is 7.75. The predicted octanol–water partition coefficient (Wildman–Crippen LogP) is 6.31. The zero-order chi connectivity index (χ0) is 13.5. The molecule has 104 valence electrons. The Morgan fingerprint density at radius 2 is 0.882 bits per heavy atom. The zero-order valence-corrected chi connectivity index (χ0v) is 14.6. The number of hydrogen-bond acceptors (Lipinski definition) is 0. The standard InChI is InChI=1S/C15H33ClSi/c1-13(2)7-10-17(16,11-8-14(3)4)12-9-15(5)6/h13-15H,7-12H2,1-6H3. The third-order valence-corrected chi connectivity index (χ3v) is 8.76. The molecule has 0 aromatic heterocycles. The number of rotatable bonds is 9. The number of halogens is 1. The van der Waals surface area contributed by atoms with E-state index in [0.717, 1.165) is 17.8 Å². The molecule has 2 heteroatoms. The van der Waals surface area contributed by atoms with E-state index in [2.05, 4.69) is 41.5 Å². The molecule has 0 unspecified atom stereocenters. The van der Waals surface area contributed by atoms with Crippen LogP contribution in [0.15, 0.2) is 0 Å². The lowest BCUT2D eigenvalue weighted by molar-refractivity contribution is 0.589. The first kappa shape index (κ1) is 17.5. The average Bonchev–Trinajstić information content (AvgIpc) is 2.21. The largest absolute Gasteiger partial charge is 0.167 e. The number of hydrogen-bond donors (Lipinski definition) is 0. The molecule has 0 nitrogen and oxygen atoms in total. The van der Waals surface area contributed by atoms with Gasteiger partial charge in [0, 0.05) is 0 Å². The van der Waals surface area contributed by atoms with Gasteiger partial charge in [0.2, 0.25) is 0 Å². The highest BCUT2D eigenvalue weighted by Crippen LogP contribution is 2.34. The van der Waals surface area contributed by atoms with Crippen molar-refractivity contribution in [3.63, 3.8) is 0 Å². The van der Waals surface area contributed by atoms with E-state index in [4.69, 9.17) is 11.1 Å². The Hall–Kier alpha value is 0.507. The summed E-state index contributed by atoms with van der Waals surface area (Å²) in [6.07, 6.45) is 3.98. The molecule has 0 aliphatic rings. The van der Waals surface area contributed by atoms with Crippen LogP contribution in [0.3, 0.4) is 0 Å². The quantitative estimate of drug-likeness (QED) is 0.342. The minimum Gasteiger partial charge on any atom is -0.167 e. The highest BCUT2D eigenvalue weighted by molar-refractivity contribution is 7.20. The summed E-state index contributed by atoms with van der Waals surface area (Å²) in [7, 11) is -1.47. The van der Waals surface area contributed by atoms with Crippen LogP contribution in [0.5, 0.6) is 0 Å². The maximum absolute atomic E-state index is 7.01. The van der Waals surface area contributed by atoms with Gasteiger partial charge in [-0.2, -0.15) is 11.1 Å².